The summed E-state index contributed by atoms with van der Waals surface area (Å²) in [6.45, 7) is 4.19. The summed E-state index contributed by atoms with van der Waals surface area (Å²) >= 11 is 0. The van der Waals surface area contributed by atoms with Crippen molar-refractivity contribution in [2.24, 2.45) is 0 Å². The van der Waals surface area contributed by atoms with Gasteiger partial charge in [-0.15, -0.1) is 0 Å². The Balaban J connectivity index is 2.01. The molecular formula is C16H16N2O. The fraction of sp³-hybridized carbons (Fsp3) is 0.188. The average molecular weight is 252 g/mol. The summed E-state index contributed by atoms with van der Waals surface area (Å²) < 4.78 is 5.76. The van der Waals surface area contributed by atoms with Gasteiger partial charge in [0.15, 0.2) is 11.5 Å². The first-order valence-electron chi connectivity index (χ1n) is 6.33. The molecule has 0 radical (unpaired) electrons. The van der Waals surface area contributed by atoms with Crippen molar-refractivity contribution in [3.05, 3.63) is 59.0 Å². The highest BCUT2D eigenvalue weighted by Crippen LogP contribution is 2.23. The number of nitrogens with zero attached hydrogens (tertiary/aromatic N) is 1. The van der Waals surface area contributed by atoms with E-state index >= 15 is 0 Å². The number of para-hydroxylation sites is 1. The fourth-order valence-electron chi connectivity index (χ4n) is 2.24. The van der Waals surface area contributed by atoms with E-state index in [4.69, 9.17) is 10.2 Å². The normalized spacial score (nSPS) is 11.1. The minimum absolute atomic E-state index is 0.661. The number of rotatable bonds is 2. The number of hydrogen-bond donors (Lipinski definition) is 1. The van der Waals surface area contributed by atoms with Crippen LogP contribution in [0.1, 0.15) is 22.6 Å². The molecule has 0 unspecified atom stereocenters. The molecule has 19 heavy (non-hydrogen) atoms. The number of benzene rings is 2. The van der Waals surface area contributed by atoms with Crippen LogP contribution in [0.25, 0.3) is 11.1 Å². The van der Waals surface area contributed by atoms with Crippen LogP contribution in [-0.4, -0.2) is 4.98 Å². The third kappa shape index (κ3) is 2.19. The Hall–Kier alpha value is -2.29. The zero-order valence-corrected chi connectivity index (χ0v) is 11.1. The van der Waals surface area contributed by atoms with Gasteiger partial charge in [-0.2, -0.15) is 0 Å². The Kier molecular flexibility index (Phi) is 2.75. The maximum absolute atomic E-state index is 5.89. The smallest absolute Gasteiger partial charge is 0.199 e. The molecule has 0 amide bonds. The molecule has 2 aromatic carbocycles. The molecule has 0 saturated carbocycles. The van der Waals surface area contributed by atoms with Crippen molar-refractivity contribution in [1.82, 2.24) is 4.98 Å². The minimum atomic E-state index is 0.661. The van der Waals surface area contributed by atoms with Crippen molar-refractivity contribution < 1.29 is 4.42 Å². The van der Waals surface area contributed by atoms with Gasteiger partial charge >= 0.3 is 0 Å². The summed E-state index contributed by atoms with van der Waals surface area (Å²) in [7, 11) is 0. The number of aromatic nitrogens is 1. The van der Waals surface area contributed by atoms with Crippen LogP contribution >= 0.6 is 0 Å². The molecule has 96 valence electrons. The van der Waals surface area contributed by atoms with Crippen LogP contribution in [0.2, 0.25) is 0 Å². The van der Waals surface area contributed by atoms with Gasteiger partial charge in [0.2, 0.25) is 0 Å². The van der Waals surface area contributed by atoms with Crippen LogP contribution in [0.4, 0.5) is 5.69 Å². The van der Waals surface area contributed by atoms with E-state index < -0.39 is 0 Å². The van der Waals surface area contributed by atoms with Crippen LogP contribution in [0.3, 0.4) is 0 Å². The van der Waals surface area contributed by atoms with Gasteiger partial charge in [0.25, 0.3) is 0 Å². The highest BCUT2D eigenvalue weighted by atomic mass is 16.3. The molecule has 0 aliphatic heterocycles. The van der Waals surface area contributed by atoms with E-state index in [1.54, 1.807) is 0 Å². The summed E-state index contributed by atoms with van der Waals surface area (Å²) in [5.74, 6) is 0.710. The Labute approximate surface area is 112 Å². The first-order valence-corrected chi connectivity index (χ1v) is 6.33. The second-order valence-corrected chi connectivity index (χ2v) is 4.91. The molecule has 3 rings (SSSR count). The Morgan fingerprint density at radius 1 is 1.16 bits per heavy atom. The van der Waals surface area contributed by atoms with Crippen molar-refractivity contribution in [1.29, 1.82) is 0 Å². The fourth-order valence-corrected chi connectivity index (χ4v) is 2.24. The third-order valence-electron chi connectivity index (χ3n) is 3.34. The van der Waals surface area contributed by atoms with Crippen molar-refractivity contribution in [3.63, 3.8) is 0 Å². The molecule has 1 aromatic heterocycles. The number of nitrogen functional groups attached to an aromatic ring is 1. The van der Waals surface area contributed by atoms with Crippen molar-refractivity contribution >= 4 is 16.8 Å². The molecule has 0 aliphatic carbocycles. The van der Waals surface area contributed by atoms with Crippen LogP contribution in [-0.2, 0) is 6.42 Å². The van der Waals surface area contributed by atoms with Crippen LogP contribution in [0, 0.1) is 13.8 Å². The first-order chi connectivity index (χ1) is 9.13. The highest BCUT2D eigenvalue weighted by molar-refractivity contribution is 5.85. The number of hydrogen-bond acceptors (Lipinski definition) is 3. The van der Waals surface area contributed by atoms with E-state index in [0.29, 0.717) is 18.0 Å². The lowest BCUT2D eigenvalue weighted by molar-refractivity contribution is 0.543. The Morgan fingerprint density at radius 2 is 2.00 bits per heavy atom. The van der Waals surface area contributed by atoms with Gasteiger partial charge in [0.05, 0.1) is 5.69 Å². The molecule has 0 spiro atoms. The van der Waals surface area contributed by atoms with E-state index in [9.17, 15) is 0 Å². The van der Waals surface area contributed by atoms with E-state index in [1.165, 1.54) is 16.7 Å². The number of fused-ring (bicyclic) bond motifs is 1. The molecule has 0 aliphatic rings. The van der Waals surface area contributed by atoms with Gasteiger partial charge in [-0.05, 0) is 37.1 Å². The number of nitrogens with two attached hydrogens (primary N) is 1. The van der Waals surface area contributed by atoms with E-state index in [0.717, 1.165) is 11.1 Å². The van der Waals surface area contributed by atoms with Gasteiger partial charge in [0, 0.05) is 6.42 Å². The van der Waals surface area contributed by atoms with Crippen LogP contribution in [0.15, 0.2) is 40.8 Å². The molecule has 0 saturated heterocycles. The zero-order chi connectivity index (χ0) is 13.4. The zero-order valence-electron chi connectivity index (χ0n) is 11.1. The molecule has 3 heteroatoms. The molecule has 2 N–H and O–H groups in total. The maximum atomic E-state index is 5.89. The predicted molar refractivity (Wildman–Crippen MR) is 77.1 cm³/mol. The third-order valence-corrected chi connectivity index (χ3v) is 3.34. The Bertz CT molecular complexity index is 744. The first kappa shape index (κ1) is 11.8. The molecule has 1 heterocycles. The molecule has 3 nitrogen and oxygen atoms in total. The van der Waals surface area contributed by atoms with Gasteiger partial charge in [0.1, 0.15) is 5.52 Å². The second-order valence-electron chi connectivity index (χ2n) is 4.91. The SMILES string of the molecule is Cc1ccc(C)c(Cc2nc3c(N)cccc3o2)c1. The maximum Gasteiger partial charge on any atom is 0.199 e. The lowest BCUT2D eigenvalue weighted by Gasteiger charge is -2.04. The summed E-state index contributed by atoms with van der Waals surface area (Å²) in [6.07, 6.45) is 0.696. The number of anilines is 1. The predicted octanol–water partition coefficient (Wildman–Crippen LogP) is 3.62. The summed E-state index contributed by atoms with van der Waals surface area (Å²) in [5, 5.41) is 0. The number of aryl methyl sites for hydroxylation is 2. The second kappa shape index (κ2) is 4.43. The molecule has 0 fully saturated rings. The summed E-state index contributed by atoms with van der Waals surface area (Å²) in [5.41, 5.74) is 11.8. The summed E-state index contributed by atoms with van der Waals surface area (Å²) in [6, 6.07) is 12.0. The van der Waals surface area contributed by atoms with Crippen LogP contribution < -0.4 is 5.73 Å². The minimum Gasteiger partial charge on any atom is -0.440 e. The van der Waals surface area contributed by atoms with Crippen molar-refractivity contribution in [2.45, 2.75) is 20.3 Å². The van der Waals surface area contributed by atoms with Crippen molar-refractivity contribution in [2.75, 3.05) is 5.73 Å². The van der Waals surface area contributed by atoms with Crippen molar-refractivity contribution in [3.8, 4) is 0 Å². The monoisotopic (exact) mass is 252 g/mol. The molecule has 0 bridgehead atoms. The van der Waals surface area contributed by atoms with E-state index in [1.807, 2.05) is 18.2 Å². The standard InChI is InChI=1S/C16H16N2O/c1-10-6-7-11(2)12(8-10)9-15-18-16-13(17)4-3-5-14(16)19-15/h3-8H,9,17H2,1-2H3. The topological polar surface area (TPSA) is 52.0 Å². The van der Waals surface area contributed by atoms with Gasteiger partial charge in [-0.1, -0.05) is 29.8 Å². The van der Waals surface area contributed by atoms with E-state index in [-0.39, 0.29) is 0 Å². The van der Waals surface area contributed by atoms with E-state index in [2.05, 4.69) is 37.0 Å². The average Bonchev–Trinajstić information content (AvgIpc) is 2.78. The Morgan fingerprint density at radius 3 is 2.79 bits per heavy atom. The van der Waals surface area contributed by atoms with Gasteiger partial charge in [-0.25, -0.2) is 4.98 Å². The highest BCUT2D eigenvalue weighted by Gasteiger charge is 2.10. The quantitative estimate of drug-likeness (QED) is 0.709. The number of oxazole rings is 1. The van der Waals surface area contributed by atoms with Gasteiger partial charge in [-0.3, -0.25) is 0 Å². The molecule has 3 aromatic rings. The lowest BCUT2D eigenvalue weighted by Crippen LogP contribution is -1.93. The largest absolute Gasteiger partial charge is 0.440 e. The molecular weight excluding hydrogens is 236 g/mol. The van der Waals surface area contributed by atoms with Crippen LogP contribution in [0.5, 0.6) is 0 Å². The molecule has 0 atom stereocenters. The summed E-state index contributed by atoms with van der Waals surface area (Å²) in [4.78, 5) is 4.49. The van der Waals surface area contributed by atoms with Gasteiger partial charge < -0.3 is 10.2 Å². The lowest BCUT2D eigenvalue weighted by atomic mass is 10.0.